The van der Waals surface area contributed by atoms with Crippen LogP contribution in [0.25, 0.3) is 0 Å². The van der Waals surface area contributed by atoms with Crippen LogP contribution in [0.3, 0.4) is 0 Å². The van der Waals surface area contributed by atoms with Gasteiger partial charge in [-0.15, -0.1) is 10.2 Å². The van der Waals surface area contributed by atoms with Gasteiger partial charge < -0.3 is 14.8 Å². The predicted octanol–water partition coefficient (Wildman–Crippen LogP) is 1.04. The zero-order chi connectivity index (χ0) is 13.0. The van der Waals surface area contributed by atoms with Crippen LogP contribution in [0.5, 0.6) is 0 Å². The SMILES string of the molecule is CC(C)N(C)CCNCc1nnc2n1CCCC2. The van der Waals surface area contributed by atoms with Gasteiger partial charge in [-0.05, 0) is 33.7 Å². The molecule has 0 atom stereocenters. The van der Waals surface area contributed by atoms with E-state index in [2.05, 4.69) is 45.9 Å². The third-order valence-corrected chi connectivity index (χ3v) is 3.74. The lowest BCUT2D eigenvalue weighted by atomic mass is 10.2. The van der Waals surface area contributed by atoms with Crippen LogP contribution < -0.4 is 5.32 Å². The van der Waals surface area contributed by atoms with Crippen LogP contribution in [-0.2, 0) is 19.5 Å². The first-order valence-electron chi connectivity index (χ1n) is 7.00. The molecule has 102 valence electrons. The van der Waals surface area contributed by atoms with Crippen LogP contribution in [-0.4, -0.2) is 45.8 Å². The number of hydrogen-bond donors (Lipinski definition) is 1. The van der Waals surface area contributed by atoms with E-state index < -0.39 is 0 Å². The average Bonchev–Trinajstić information content (AvgIpc) is 2.77. The second-order valence-electron chi connectivity index (χ2n) is 5.39. The maximum Gasteiger partial charge on any atom is 0.147 e. The highest BCUT2D eigenvalue weighted by atomic mass is 15.3. The molecule has 2 rings (SSSR count). The monoisotopic (exact) mass is 251 g/mol. The third-order valence-electron chi connectivity index (χ3n) is 3.74. The van der Waals surface area contributed by atoms with Crippen molar-refractivity contribution in [3.05, 3.63) is 11.6 Å². The topological polar surface area (TPSA) is 46.0 Å². The first kappa shape index (κ1) is 13.5. The zero-order valence-corrected chi connectivity index (χ0v) is 11.8. The van der Waals surface area contributed by atoms with Gasteiger partial charge >= 0.3 is 0 Å². The molecular formula is C13H25N5. The molecule has 0 saturated heterocycles. The summed E-state index contributed by atoms with van der Waals surface area (Å²) in [5.41, 5.74) is 0. The van der Waals surface area contributed by atoms with E-state index in [4.69, 9.17) is 0 Å². The first-order chi connectivity index (χ1) is 8.68. The number of aryl methyl sites for hydroxylation is 1. The van der Waals surface area contributed by atoms with E-state index in [1.54, 1.807) is 0 Å². The quantitative estimate of drug-likeness (QED) is 0.768. The average molecular weight is 251 g/mol. The van der Waals surface area contributed by atoms with Crippen LogP contribution in [0.15, 0.2) is 0 Å². The van der Waals surface area contributed by atoms with E-state index in [0.717, 1.165) is 44.2 Å². The van der Waals surface area contributed by atoms with Crippen molar-refractivity contribution in [1.29, 1.82) is 0 Å². The fourth-order valence-corrected chi connectivity index (χ4v) is 2.21. The van der Waals surface area contributed by atoms with Gasteiger partial charge in [-0.1, -0.05) is 0 Å². The molecular weight excluding hydrogens is 226 g/mol. The molecule has 0 unspecified atom stereocenters. The minimum absolute atomic E-state index is 0.604. The molecule has 0 bridgehead atoms. The van der Waals surface area contributed by atoms with Gasteiger partial charge in [-0.2, -0.15) is 0 Å². The second kappa shape index (κ2) is 6.29. The number of rotatable bonds is 6. The molecule has 2 heterocycles. The van der Waals surface area contributed by atoms with Gasteiger partial charge in [0.1, 0.15) is 11.6 Å². The van der Waals surface area contributed by atoms with Gasteiger partial charge in [0, 0.05) is 32.1 Å². The Balaban J connectivity index is 1.75. The van der Waals surface area contributed by atoms with E-state index in [1.165, 1.54) is 12.8 Å². The summed E-state index contributed by atoms with van der Waals surface area (Å²) in [6, 6.07) is 0.604. The lowest BCUT2D eigenvalue weighted by molar-refractivity contribution is 0.272. The first-order valence-corrected chi connectivity index (χ1v) is 7.00. The summed E-state index contributed by atoms with van der Waals surface area (Å²) in [6.45, 7) is 8.42. The van der Waals surface area contributed by atoms with Crippen LogP contribution in [0, 0.1) is 0 Å². The van der Waals surface area contributed by atoms with Crippen molar-refractivity contribution in [2.24, 2.45) is 0 Å². The van der Waals surface area contributed by atoms with Gasteiger partial charge in [0.15, 0.2) is 0 Å². The van der Waals surface area contributed by atoms with Crippen molar-refractivity contribution in [2.45, 2.75) is 52.2 Å². The molecule has 1 aromatic heterocycles. The Morgan fingerprint density at radius 3 is 2.94 bits per heavy atom. The minimum Gasteiger partial charge on any atom is -0.314 e. The molecule has 18 heavy (non-hydrogen) atoms. The van der Waals surface area contributed by atoms with Gasteiger partial charge in [0.05, 0.1) is 6.54 Å². The number of nitrogens with zero attached hydrogens (tertiary/aromatic N) is 4. The highest BCUT2D eigenvalue weighted by Gasteiger charge is 2.14. The lowest BCUT2D eigenvalue weighted by Crippen LogP contribution is -2.34. The molecule has 0 aliphatic carbocycles. The van der Waals surface area contributed by atoms with Crippen molar-refractivity contribution < 1.29 is 0 Å². The highest BCUT2D eigenvalue weighted by Crippen LogP contribution is 2.13. The molecule has 5 heteroatoms. The predicted molar refractivity (Wildman–Crippen MR) is 72.4 cm³/mol. The Hall–Kier alpha value is -0.940. The van der Waals surface area contributed by atoms with Crippen molar-refractivity contribution in [1.82, 2.24) is 25.0 Å². The highest BCUT2D eigenvalue weighted by molar-refractivity contribution is 4.98. The molecule has 0 radical (unpaired) electrons. The number of nitrogens with one attached hydrogen (secondary N) is 1. The summed E-state index contributed by atoms with van der Waals surface area (Å²) in [4.78, 5) is 2.34. The zero-order valence-electron chi connectivity index (χ0n) is 11.8. The standard InChI is InChI=1S/C13H25N5/c1-11(2)17(3)9-7-14-10-13-16-15-12-6-4-5-8-18(12)13/h11,14H,4-10H2,1-3H3. The minimum atomic E-state index is 0.604. The van der Waals surface area contributed by atoms with Crippen LogP contribution >= 0.6 is 0 Å². The van der Waals surface area contributed by atoms with E-state index in [9.17, 15) is 0 Å². The Bertz CT molecular complexity index is 371. The van der Waals surface area contributed by atoms with Crippen LogP contribution in [0.2, 0.25) is 0 Å². The summed E-state index contributed by atoms with van der Waals surface area (Å²) in [5.74, 6) is 2.26. The molecule has 1 aliphatic heterocycles. The van der Waals surface area contributed by atoms with Gasteiger partial charge in [-0.25, -0.2) is 0 Å². The molecule has 1 aromatic rings. The summed E-state index contributed by atoms with van der Waals surface area (Å²) < 4.78 is 2.28. The van der Waals surface area contributed by atoms with E-state index >= 15 is 0 Å². The van der Waals surface area contributed by atoms with Crippen molar-refractivity contribution in [3.8, 4) is 0 Å². The third kappa shape index (κ3) is 3.29. The van der Waals surface area contributed by atoms with Gasteiger partial charge in [-0.3, -0.25) is 0 Å². The van der Waals surface area contributed by atoms with Gasteiger partial charge in [0.2, 0.25) is 0 Å². The molecule has 1 aliphatic rings. The summed E-state index contributed by atoms with van der Waals surface area (Å²) in [5, 5.41) is 12.0. The van der Waals surface area contributed by atoms with E-state index in [1.807, 2.05) is 0 Å². The number of aromatic nitrogens is 3. The Kier molecular flexibility index (Phi) is 4.72. The summed E-state index contributed by atoms with van der Waals surface area (Å²) in [7, 11) is 2.16. The molecule has 0 fully saturated rings. The summed E-state index contributed by atoms with van der Waals surface area (Å²) >= 11 is 0. The maximum atomic E-state index is 4.29. The summed E-state index contributed by atoms with van der Waals surface area (Å²) in [6.07, 6.45) is 3.60. The van der Waals surface area contributed by atoms with Crippen LogP contribution in [0.4, 0.5) is 0 Å². The van der Waals surface area contributed by atoms with Crippen molar-refractivity contribution >= 4 is 0 Å². The number of hydrogen-bond acceptors (Lipinski definition) is 4. The molecule has 0 spiro atoms. The molecule has 1 N–H and O–H groups in total. The van der Waals surface area contributed by atoms with Crippen LogP contribution in [0.1, 0.15) is 38.3 Å². The Labute approximate surface area is 110 Å². The van der Waals surface area contributed by atoms with Crippen molar-refractivity contribution in [2.75, 3.05) is 20.1 Å². The smallest absolute Gasteiger partial charge is 0.147 e. The van der Waals surface area contributed by atoms with Gasteiger partial charge in [0.25, 0.3) is 0 Å². The molecule has 0 saturated carbocycles. The molecule has 0 aromatic carbocycles. The Morgan fingerprint density at radius 2 is 2.17 bits per heavy atom. The normalized spacial score (nSPS) is 15.4. The Morgan fingerprint density at radius 1 is 1.33 bits per heavy atom. The maximum absolute atomic E-state index is 4.29. The fraction of sp³-hybridized carbons (Fsp3) is 0.846. The second-order valence-corrected chi connectivity index (χ2v) is 5.39. The van der Waals surface area contributed by atoms with E-state index in [-0.39, 0.29) is 0 Å². The molecule has 5 nitrogen and oxygen atoms in total. The molecule has 0 amide bonds. The van der Waals surface area contributed by atoms with E-state index in [0.29, 0.717) is 6.04 Å². The fourth-order valence-electron chi connectivity index (χ4n) is 2.21. The number of likely N-dealkylation sites (N-methyl/N-ethyl adjacent to an activating group) is 1. The number of fused-ring (bicyclic) bond motifs is 1. The lowest BCUT2D eigenvalue weighted by Gasteiger charge is -2.21. The largest absolute Gasteiger partial charge is 0.314 e. The van der Waals surface area contributed by atoms with Crippen molar-refractivity contribution in [3.63, 3.8) is 0 Å².